The molecule has 128 valence electrons. The standard InChI is InChI=1S/C20H22N4S/c1-2-21-20(22-13-16-9-5-3-6-10-16)23-14-18-15-25-19(24-18)17-11-7-4-8-12-17/h3-12,15H,2,13-14H2,1H3,(H2,21,22,23). The van der Waals surface area contributed by atoms with E-state index in [4.69, 9.17) is 4.98 Å². The molecule has 0 aliphatic rings. The van der Waals surface area contributed by atoms with Crippen molar-refractivity contribution in [1.82, 2.24) is 15.6 Å². The average Bonchev–Trinajstić information content (AvgIpc) is 3.15. The van der Waals surface area contributed by atoms with E-state index in [-0.39, 0.29) is 0 Å². The molecule has 0 aliphatic heterocycles. The van der Waals surface area contributed by atoms with Gasteiger partial charge in [0.1, 0.15) is 5.01 Å². The molecule has 1 heterocycles. The Balaban J connectivity index is 1.61. The van der Waals surface area contributed by atoms with Gasteiger partial charge in [-0.25, -0.2) is 9.98 Å². The van der Waals surface area contributed by atoms with Gasteiger partial charge in [0.25, 0.3) is 0 Å². The van der Waals surface area contributed by atoms with Gasteiger partial charge in [-0.2, -0.15) is 0 Å². The first-order valence-electron chi connectivity index (χ1n) is 8.41. The minimum absolute atomic E-state index is 0.655. The van der Waals surface area contributed by atoms with E-state index in [9.17, 15) is 0 Å². The summed E-state index contributed by atoms with van der Waals surface area (Å²) in [5, 5.41) is 9.77. The van der Waals surface area contributed by atoms with E-state index in [2.05, 4.69) is 52.2 Å². The van der Waals surface area contributed by atoms with Crippen molar-refractivity contribution in [2.24, 2.45) is 4.99 Å². The van der Waals surface area contributed by atoms with Crippen LogP contribution in [0.3, 0.4) is 0 Å². The van der Waals surface area contributed by atoms with Crippen LogP contribution in [0.15, 0.2) is 71.0 Å². The van der Waals surface area contributed by atoms with Crippen LogP contribution in [0.5, 0.6) is 0 Å². The molecule has 2 aromatic carbocycles. The van der Waals surface area contributed by atoms with E-state index in [1.165, 1.54) is 5.56 Å². The fraction of sp³-hybridized carbons (Fsp3) is 0.200. The molecule has 0 atom stereocenters. The Morgan fingerprint density at radius 3 is 2.44 bits per heavy atom. The van der Waals surface area contributed by atoms with Gasteiger partial charge >= 0.3 is 0 Å². The summed E-state index contributed by atoms with van der Waals surface area (Å²) in [7, 11) is 0. The number of rotatable bonds is 6. The second-order valence-corrected chi connectivity index (χ2v) is 6.40. The Morgan fingerprint density at radius 2 is 1.72 bits per heavy atom. The van der Waals surface area contributed by atoms with Crippen LogP contribution in [-0.4, -0.2) is 17.5 Å². The van der Waals surface area contributed by atoms with E-state index in [0.717, 1.165) is 28.8 Å². The summed E-state index contributed by atoms with van der Waals surface area (Å²) >= 11 is 1.67. The second-order valence-electron chi connectivity index (χ2n) is 5.54. The Hall–Kier alpha value is -2.66. The Bertz CT molecular complexity index is 797. The Labute approximate surface area is 152 Å². The molecule has 0 bridgehead atoms. The van der Waals surface area contributed by atoms with E-state index in [1.54, 1.807) is 11.3 Å². The van der Waals surface area contributed by atoms with Crippen LogP contribution >= 0.6 is 11.3 Å². The molecule has 4 nitrogen and oxygen atoms in total. The fourth-order valence-corrected chi connectivity index (χ4v) is 3.20. The van der Waals surface area contributed by atoms with Crippen LogP contribution in [0.2, 0.25) is 0 Å². The summed E-state index contributed by atoms with van der Waals surface area (Å²) in [5.41, 5.74) is 3.37. The zero-order chi connectivity index (χ0) is 17.3. The van der Waals surface area contributed by atoms with E-state index >= 15 is 0 Å². The zero-order valence-corrected chi connectivity index (χ0v) is 15.1. The largest absolute Gasteiger partial charge is 0.357 e. The second kappa shape index (κ2) is 8.99. The summed E-state index contributed by atoms with van der Waals surface area (Å²) in [6.07, 6.45) is 0. The van der Waals surface area contributed by atoms with Gasteiger partial charge in [0.15, 0.2) is 5.96 Å². The third-order valence-corrected chi connectivity index (χ3v) is 4.56. The molecule has 0 spiro atoms. The van der Waals surface area contributed by atoms with Crippen LogP contribution in [-0.2, 0) is 13.1 Å². The average molecular weight is 350 g/mol. The van der Waals surface area contributed by atoms with Crippen LogP contribution < -0.4 is 10.6 Å². The maximum absolute atomic E-state index is 4.70. The molecule has 0 amide bonds. The molecule has 0 unspecified atom stereocenters. The molecule has 0 radical (unpaired) electrons. The van der Waals surface area contributed by atoms with E-state index in [1.807, 2.05) is 36.4 Å². The Kier molecular flexibility index (Phi) is 6.17. The molecule has 0 saturated carbocycles. The number of hydrogen-bond acceptors (Lipinski definition) is 3. The molecule has 0 fully saturated rings. The monoisotopic (exact) mass is 350 g/mol. The van der Waals surface area contributed by atoms with Gasteiger partial charge in [-0.15, -0.1) is 11.3 Å². The van der Waals surface area contributed by atoms with Gasteiger partial charge in [0.05, 0.1) is 18.8 Å². The van der Waals surface area contributed by atoms with Crippen molar-refractivity contribution in [1.29, 1.82) is 0 Å². The van der Waals surface area contributed by atoms with E-state index in [0.29, 0.717) is 13.1 Å². The van der Waals surface area contributed by atoms with Gasteiger partial charge in [-0.3, -0.25) is 0 Å². The van der Waals surface area contributed by atoms with Crippen molar-refractivity contribution in [3.05, 3.63) is 77.3 Å². The first-order chi connectivity index (χ1) is 12.3. The molecule has 3 rings (SSSR count). The highest BCUT2D eigenvalue weighted by Crippen LogP contribution is 2.23. The van der Waals surface area contributed by atoms with Crippen molar-refractivity contribution < 1.29 is 0 Å². The maximum atomic E-state index is 4.70. The van der Waals surface area contributed by atoms with Gasteiger partial charge < -0.3 is 10.6 Å². The molecule has 1 aromatic heterocycles. The Morgan fingerprint density at radius 1 is 1.00 bits per heavy atom. The minimum Gasteiger partial charge on any atom is -0.357 e. The van der Waals surface area contributed by atoms with Crippen molar-refractivity contribution in [2.75, 3.05) is 6.54 Å². The zero-order valence-electron chi connectivity index (χ0n) is 14.3. The summed E-state index contributed by atoms with van der Waals surface area (Å²) < 4.78 is 0. The highest BCUT2D eigenvalue weighted by Gasteiger charge is 2.05. The third kappa shape index (κ3) is 5.16. The van der Waals surface area contributed by atoms with Crippen LogP contribution in [0.1, 0.15) is 18.2 Å². The van der Waals surface area contributed by atoms with Crippen LogP contribution in [0.25, 0.3) is 10.6 Å². The summed E-state index contributed by atoms with van der Waals surface area (Å²) in [6.45, 7) is 4.20. The van der Waals surface area contributed by atoms with Crippen molar-refractivity contribution in [3.8, 4) is 10.6 Å². The molecular formula is C20H22N4S. The normalized spacial score (nSPS) is 11.3. The maximum Gasteiger partial charge on any atom is 0.191 e. The summed E-state index contributed by atoms with van der Waals surface area (Å²) in [6, 6.07) is 20.5. The highest BCUT2D eigenvalue weighted by atomic mass is 32.1. The lowest BCUT2D eigenvalue weighted by Gasteiger charge is -2.10. The first kappa shape index (κ1) is 17.2. The number of benzene rings is 2. The quantitative estimate of drug-likeness (QED) is 0.520. The molecule has 2 N–H and O–H groups in total. The van der Waals surface area contributed by atoms with Gasteiger partial charge in [-0.05, 0) is 12.5 Å². The summed E-state index contributed by atoms with van der Waals surface area (Å²) in [5.74, 6) is 0.806. The fourth-order valence-electron chi connectivity index (χ4n) is 2.37. The van der Waals surface area contributed by atoms with E-state index < -0.39 is 0 Å². The number of nitrogens with one attached hydrogen (secondary N) is 2. The summed E-state index contributed by atoms with van der Waals surface area (Å²) in [4.78, 5) is 9.34. The number of hydrogen-bond donors (Lipinski definition) is 2. The lowest BCUT2D eigenvalue weighted by molar-refractivity contribution is 0.804. The molecule has 0 saturated heterocycles. The van der Waals surface area contributed by atoms with Crippen molar-refractivity contribution in [2.45, 2.75) is 20.0 Å². The van der Waals surface area contributed by atoms with Crippen LogP contribution in [0.4, 0.5) is 0 Å². The van der Waals surface area contributed by atoms with Gasteiger partial charge in [0.2, 0.25) is 0 Å². The molecule has 0 aliphatic carbocycles. The predicted octanol–water partition coefficient (Wildman–Crippen LogP) is 4.07. The number of guanidine groups is 1. The number of aliphatic imine (C=N–C) groups is 1. The first-order valence-corrected chi connectivity index (χ1v) is 9.29. The third-order valence-electron chi connectivity index (χ3n) is 3.62. The molecular weight excluding hydrogens is 328 g/mol. The number of thiazole rings is 1. The van der Waals surface area contributed by atoms with Crippen LogP contribution in [0, 0.1) is 0 Å². The smallest absolute Gasteiger partial charge is 0.191 e. The predicted molar refractivity (Wildman–Crippen MR) is 106 cm³/mol. The molecule has 5 heteroatoms. The molecule has 3 aromatic rings. The molecule has 25 heavy (non-hydrogen) atoms. The minimum atomic E-state index is 0.655. The lowest BCUT2D eigenvalue weighted by atomic mass is 10.2. The number of nitrogens with zero attached hydrogens (tertiary/aromatic N) is 2. The van der Waals surface area contributed by atoms with Crippen molar-refractivity contribution in [3.63, 3.8) is 0 Å². The van der Waals surface area contributed by atoms with Gasteiger partial charge in [0, 0.05) is 17.5 Å². The number of aromatic nitrogens is 1. The lowest BCUT2D eigenvalue weighted by Crippen LogP contribution is -2.36. The SMILES string of the molecule is CCNC(=NCc1ccccc1)NCc1csc(-c2ccccc2)n1. The highest BCUT2D eigenvalue weighted by molar-refractivity contribution is 7.13. The topological polar surface area (TPSA) is 49.3 Å². The van der Waals surface area contributed by atoms with Gasteiger partial charge in [-0.1, -0.05) is 60.7 Å². The van der Waals surface area contributed by atoms with Crippen molar-refractivity contribution >= 4 is 17.3 Å².